The molecule has 0 aromatic heterocycles. The van der Waals surface area contributed by atoms with Gasteiger partial charge in [-0.15, -0.1) is 0 Å². The van der Waals surface area contributed by atoms with Crippen LogP contribution >= 0.6 is 0 Å². The molecule has 0 spiro atoms. The molecule has 0 heterocycles. The maximum atomic E-state index is 11.8. The zero-order chi connectivity index (χ0) is 17.2. The van der Waals surface area contributed by atoms with Crippen LogP contribution in [0.1, 0.15) is 53.9 Å². The van der Waals surface area contributed by atoms with Gasteiger partial charge in [0.15, 0.2) is 5.78 Å². The number of ether oxygens (including phenoxy) is 2. The average Bonchev–Trinajstić information content (AvgIpc) is 2.33. The molecule has 6 nitrogen and oxygen atoms in total. The first-order valence-electron chi connectivity index (χ1n) is 7.48. The summed E-state index contributed by atoms with van der Waals surface area (Å²) < 4.78 is 10.2. The minimum atomic E-state index is -0.646. The van der Waals surface area contributed by atoms with E-state index in [4.69, 9.17) is 9.47 Å². The van der Waals surface area contributed by atoms with Crippen LogP contribution in [0.3, 0.4) is 0 Å². The summed E-state index contributed by atoms with van der Waals surface area (Å²) in [5, 5.41) is 2.55. The zero-order valence-electron chi connectivity index (χ0n) is 14.1. The van der Waals surface area contributed by atoms with E-state index < -0.39 is 23.7 Å². The van der Waals surface area contributed by atoms with E-state index in [2.05, 4.69) is 5.32 Å². The number of amides is 1. The lowest BCUT2D eigenvalue weighted by Crippen LogP contribution is -2.39. The van der Waals surface area contributed by atoms with Crippen LogP contribution in [0.2, 0.25) is 0 Å². The molecule has 6 heteroatoms. The molecular formula is C16H27NO5. The Balaban J connectivity index is 4.59. The van der Waals surface area contributed by atoms with Crippen molar-refractivity contribution in [3.63, 3.8) is 0 Å². The molecule has 1 amide bonds. The summed E-state index contributed by atoms with van der Waals surface area (Å²) in [7, 11) is 0. The molecule has 0 saturated heterocycles. The van der Waals surface area contributed by atoms with Gasteiger partial charge < -0.3 is 14.8 Å². The van der Waals surface area contributed by atoms with Crippen molar-refractivity contribution in [2.24, 2.45) is 0 Å². The number of carbonyl (C=O) groups excluding carboxylic acids is 3. The van der Waals surface area contributed by atoms with Crippen LogP contribution in [0.15, 0.2) is 12.2 Å². The summed E-state index contributed by atoms with van der Waals surface area (Å²) in [5.74, 6) is -0.599. The number of rotatable bonds is 8. The molecule has 1 N–H and O–H groups in total. The highest BCUT2D eigenvalue weighted by molar-refractivity contribution is 5.87. The van der Waals surface area contributed by atoms with Gasteiger partial charge in [-0.3, -0.25) is 9.59 Å². The Labute approximate surface area is 132 Å². The predicted octanol–water partition coefficient (Wildman–Crippen LogP) is 2.76. The number of allylic oxidation sites excluding steroid dienone is 1. The quantitative estimate of drug-likeness (QED) is 0.423. The maximum absolute atomic E-state index is 11.8. The Bertz CT molecular complexity index is 409. The summed E-state index contributed by atoms with van der Waals surface area (Å²) >= 11 is 0. The van der Waals surface area contributed by atoms with Gasteiger partial charge in [0.1, 0.15) is 5.60 Å². The maximum Gasteiger partial charge on any atom is 0.408 e. The first kappa shape index (κ1) is 20.1. The lowest BCUT2D eigenvalue weighted by atomic mass is 10.1. The number of ketones is 1. The summed E-state index contributed by atoms with van der Waals surface area (Å²) in [6.45, 7) is 8.96. The first-order valence-corrected chi connectivity index (χ1v) is 7.48. The van der Waals surface area contributed by atoms with Gasteiger partial charge in [0.25, 0.3) is 0 Å². The second-order valence-electron chi connectivity index (χ2n) is 6.00. The molecule has 126 valence electrons. The number of hydrogen-bond acceptors (Lipinski definition) is 5. The molecule has 0 saturated carbocycles. The molecule has 0 bridgehead atoms. The van der Waals surface area contributed by atoms with Crippen LogP contribution in [-0.4, -0.2) is 36.1 Å². The molecule has 0 fully saturated rings. The average molecular weight is 313 g/mol. The Hall–Kier alpha value is -1.85. The van der Waals surface area contributed by atoms with Gasteiger partial charge in [-0.2, -0.15) is 0 Å². The molecule has 1 atom stereocenters. The smallest absolute Gasteiger partial charge is 0.408 e. The molecule has 0 radical (unpaired) electrons. The van der Waals surface area contributed by atoms with Crippen LogP contribution in [0, 0.1) is 0 Å². The topological polar surface area (TPSA) is 81.7 Å². The summed E-state index contributed by atoms with van der Waals surface area (Å²) in [6.07, 6.45) is 3.80. The third-order valence-corrected chi connectivity index (χ3v) is 2.41. The zero-order valence-corrected chi connectivity index (χ0v) is 14.1. The Morgan fingerprint density at radius 3 is 2.36 bits per heavy atom. The molecule has 0 aliphatic rings. The fraction of sp³-hybridized carbons (Fsp3) is 0.688. The highest BCUT2D eigenvalue weighted by atomic mass is 16.6. The molecule has 0 unspecified atom stereocenters. The van der Waals surface area contributed by atoms with Crippen LogP contribution in [0.4, 0.5) is 4.79 Å². The Morgan fingerprint density at radius 2 is 1.86 bits per heavy atom. The van der Waals surface area contributed by atoms with Crippen molar-refractivity contribution in [1.82, 2.24) is 5.32 Å². The van der Waals surface area contributed by atoms with E-state index >= 15 is 0 Å². The third kappa shape index (κ3) is 11.9. The van der Waals surface area contributed by atoms with E-state index in [0.29, 0.717) is 6.61 Å². The molecule has 0 aromatic carbocycles. The van der Waals surface area contributed by atoms with Crippen molar-refractivity contribution in [3.8, 4) is 0 Å². The van der Waals surface area contributed by atoms with E-state index in [9.17, 15) is 14.4 Å². The van der Waals surface area contributed by atoms with Crippen LogP contribution in [-0.2, 0) is 19.1 Å². The molecule has 0 rings (SSSR count). The van der Waals surface area contributed by atoms with Gasteiger partial charge >= 0.3 is 12.1 Å². The fourth-order valence-electron chi connectivity index (χ4n) is 1.45. The molecule has 0 aliphatic heterocycles. The minimum Gasteiger partial charge on any atom is -0.466 e. The van der Waals surface area contributed by atoms with Gasteiger partial charge in [-0.05, 0) is 40.2 Å². The van der Waals surface area contributed by atoms with Crippen LogP contribution in [0.25, 0.3) is 0 Å². The highest BCUT2D eigenvalue weighted by Crippen LogP contribution is 2.08. The molecule has 22 heavy (non-hydrogen) atoms. The normalized spacial score (nSPS) is 12.8. The standard InChI is InChI=1S/C16H27NO5/c1-6-7-10-21-14(19)11-13(9-8-12(2)18)17-15(20)22-16(3,4)5/h8-9,13H,6-7,10-11H2,1-5H3,(H,17,20)/b9-8+/t13-/m1/s1. The van der Waals surface area contributed by atoms with Crippen LogP contribution < -0.4 is 5.32 Å². The van der Waals surface area contributed by atoms with E-state index in [-0.39, 0.29) is 12.2 Å². The van der Waals surface area contributed by atoms with Gasteiger partial charge in [0.2, 0.25) is 0 Å². The Kier molecular flexibility index (Phi) is 9.13. The molecular weight excluding hydrogens is 286 g/mol. The lowest BCUT2D eigenvalue weighted by Gasteiger charge is -2.22. The van der Waals surface area contributed by atoms with Crippen LogP contribution in [0.5, 0.6) is 0 Å². The number of alkyl carbamates (subject to hydrolysis) is 1. The van der Waals surface area contributed by atoms with Crippen molar-refractivity contribution in [2.45, 2.75) is 65.5 Å². The minimum absolute atomic E-state index is 0.0489. The van der Waals surface area contributed by atoms with Gasteiger partial charge in [-0.25, -0.2) is 4.79 Å². The second-order valence-corrected chi connectivity index (χ2v) is 6.00. The molecule has 0 aliphatic carbocycles. The van der Waals surface area contributed by atoms with E-state index in [1.165, 1.54) is 19.1 Å². The summed E-state index contributed by atoms with van der Waals surface area (Å²) in [4.78, 5) is 34.5. The van der Waals surface area contributed by atoms with Gasteiger partial charge in [-0.1, -0.05) is 19.4 Å². The highest BCUT2D eigenvalue weighted by Gasteiger charge is 2.20. The van der Waals surface area contributed by atoms with Gasteiger partial charge in [0, 0.05) is 0 Å². The monoisotopic (exact) mass is 313 g/mol. The first-order chi connectivity index (χ1) is 10.1. The predicted molar refractivity (Wildman–Crippen MR) is 83.5 cm³/mol. The summed E-state index contributed by atoms with van der Waals surface area (Å²) in [6, 6.07) is -0.645. The summed E-state index contributed by atoms with van der Waals surface area (Å²) in [5.41, 5.74) is -0.638. The molecule has 0 aromatic rings. The number of nitrogens with one attached hydrogen (secondary N) is 1. The SMILES string of the molecule is CCCCOC(=O)C[C@@H](/C=C/C(C)=O)NC(=O)OC(C)(C)C. The largest absolute Gasteiger partial charge is 0.466 e. The third-order valence-electron chi connectivity index (χ3n) is 2.41. The number of hydrogen-bond donors (Lipinski definition) is 1. The number of unbranched alkanes of at least 4 members (excludes halogenated alkanes) is 1. The van der Waals surface area contributed by atoms with Crippen molar-refractivity contribution < 1.29 is 23.9 Å². The Morgan fingerprint density at radius 1 is 1.23 bits per heavy atom. The van der Waals surface area contributed by atoms with Gasteiger partial charge in [0.05, 0.1) is 19.1 Å². The van der Waals surface area contributed by atoms with E-state index in [1.807, 2.05) is 6.92 Å². The van der Waals surface area contributed by atoms with E-state index in [1.54, 1.807) is 20.8 Å². The lowest BCUT2D eigenvalue weighted by molar-refractivity contribution is -0.144. The van der Waals surface area contributed by atoms with Crippen molar-refractivity contribution in [2.75, 3.05) is 6.61 Å². The van der Waals surface area contributed by atoms with Crippen molar-refractivity contribution >= 4 is 17.8 Å². The van der Waals surface area contributed by atoms with E-state index in [0.717, 1.165) is 12.8 Å². The van der Waals surface area contributed by atoms with Crippen molar-refractivity contribution in [1.29, 1.82) is 0 Å². The number of esters is 1. The van der Waals surface area contributed by atoms with Crippen molar-refractivity contribution in [3.05, 3.63) is 12.2 Å². The number of carbonyl (C=O) groups is 3. The second kappa shape index (κ2) is 9.97. The fourth-order valence-corrected chi connectivity index (χ4v) is 1.45.